The quantitative estimate of drug-likeness (QED) is 0.0288. The van der Waals surface area contributed by atoms with Gasteiger partial charge in [0.2, 0.25) is 0 Å². The standard InChI is InChI=1S/C41H65ClN5O9P/c1-3-4-5-6-7-8-9-10-11-12-13-14-15-16-17-20-25-52-27-33(53-26-32-21-18-19-22-34(32)42)28-54-57(50,51)55-29-36-38(48)39(49)41(56-36,30-44-2)37-24-23-35-40(43)45-31-46-47(35)37/h18-19,21-24,30-31,33,36,38-39,48-49H,3-17,20,25-29H2,1-2H3,(H,50,51)(H2,43,45,46)/t33-,36-,38-,39-,41+/m1/s1. The number of rotatable bonds is 30. The number of aliphatic hydroxyl groups excluding tert-OH is 2. The SMILES string of the molecule is CCCCCCCCCCCCCCCCCCOC[C@H](COP(=O)(O)OC[C@H]1O[C@@](C=NC)(c2ccc3c(N)ncnn23)[C@H](O)[C@@H]1O)OCc1ccccc1Cl. The summed E-state index contributed by atoms with van der Waals surface area (Å²) < 4.78 is 43.2. The monoisotopic (exact) mass is 837 g/mol. The van der Waals surface area contributed by atoms with Crippen LogP contribution >= 0.6 is 19.4 Å². The summed E-state index contributed by atoms with van der Waals surface area (Å²) in [5.41, 5.74) is 5.83. The van der Waals surface area contributed by atoms with Crippen molar-refractivity contribution in [3.63, 3.8) is 0 Å². The van der Waals surface area contributed by atoms with Crippen molar-refractivity contribution in [3.8, 4) is 0 Å². The zero-order valence-electron chi connectivity index (χ0n) is 33.8. The van der Waals surface area contributed by atoms with Crippen LogP contribution in [-0.4, -0.2) is 93.8 Å². The maximum absolute atomic E-state index is 13.1. The van der Waals surface area contributed by atoms with E-state index in [1.807, 2.05) is 18.2 Å². The minimum absolute atomic E-state index is 0.123. The average molecular weight is 838 g/mol. The van der Waals surface area contributed by atoms with Gasteiger partial charge in [-0.1, -0.05) is 133 Å². The van der Waals surface area contributed by atoms with E-state index >= 15 is 0 Å². The van der Waals surface area contributed by atoms with E-state index in [0.717, 1.165) is 24.8 Å². The van der Waals surface area contributed by atoms with Gasteiger partial charge in [-0.05, 0) is 30.2 Å². The number of hydrogen-bond donors (Lipinski definition) is 4. The number of halogens is 1. The summed E-state index contributed by atoms with van der Waals surface area (Å²) in [6.45, 7) is 2.13. The minimum Gasteiger partial charge on any atom is -0.387 e. The molecule has 1 aliphatic heterocycles. The number of aliphatic imine (C=N–C) groups is 1. The fraction of sp³-hybridized carbons (Fsp3) is 0.683. The van der Waals surface area contributed by atoms with Crippen molar-refractivity contribution in [1.29, 1.82) is 0 Å². The van der Waals surface area contributed by atoms with Crippen LogP contribution in [0.15, 0.2) is 47.7 Å². The molecule has 0 spiro atoms. The van der Waals surface area contributed by atoms with E-state index in [1.165, 1.54) is 108 Å². The molecule has 0 bridgehead atoms. The predicted molar refractivity (Wildman–Crippen MR) is 223 cm³/mol. The van der Waals surface area contributed by atoms with Gasteiger partial charge >= 0.3 is 7.82 Å². The highest BCUT2D eigenvalue weighted by atomic mass is 35.5. The first-order valence-electron chi connectivity index (χ1n) is 20.7. The van der Waals surface area contributed by atoms with Crippen molar-refractivity contribution in [2.24, 2.45) is 4.99 Å². The number of phosphoric acid groups is 1. The molecule has 0 amide bonds. The molecule has 4 rings (SSSR count). The molecule has 1 aliphatic rings. The second-order valence-corrected chi connectivity index (χ2v) is 16.8. The van der Waals surface area contributed by atoms with Gasteiger partial charge < -0.3 is 35.1 Å². The third-order valence-corrected chi connectivity index (χ3v) is 11.7. The summed E-state index contributed by atoms with van der Waals surface area (Å²) in [7, 11) is -3.22. The van der Waals surface area contributed by atoms with Crippen molar-refractivity contribution >= 4 is 37.0 Å². The number of hydrogen-bond acceptors (Lipinski definition) is 12. The minimum atomic E-state index is -4.70. The van der Waals surface area contributed by atoms with Crippen molar-refractivity contribution < 1.29 is 42.9 Å². The highest BCUT2D eigenvalue weighted by molar-refractivity contribution is 7.47. The molecule has 6 atom stereocenters. The lowest BCUT2D eigenvalue weighted by molar-refractivity contribution is -0.0626. The molecule has 1 aromatic carbocycles. The molecule has 57 heavy (non-hydrogen) atoms. The van der Waals surface area contributed by atoms with Gasteiger partial charge in [0.25, 0.3) is 0 Å². The molecule has 3 heterocycles. The maximum atomic E-state index is 13.1. The number of ether oxygens (including phenoxy) is 3. The van der Waals surface area contributed by atoms with Crippen LogP contribution < -0.4 is 5.73 Å². The molecule has 0 aliphatic carbocycles. The summed E-state index contributed by atoms with van der Waals surface area (Å²) in [6.07, 6.45) is 18.1. The summed E-state index contributed by atoms with van der Waals surface area (Å²) in [4.78, 5) is 18.7. The predicted octanol–water partition coefficient (Wildman–Crippen LogP) is 7.98. The molecule has 320 valence electrons. The van der Waals surface area contributed by atoms with Crippen molar-refractivity contribution in [2.45, 2.75) is 146 Å². The molecular formula is C41H65ClN5O9P. The Labute approximate surface area is 343 Å². The van der Waals surface area contributed by atoms with Crippen LogP contribution in [0.1, 0.15) is 121 Å². The molecule has 1 fully saturated rings. The zero-order chi connectivity index (χ0) is 40.9. The number of unbranched alkanes of at least 4 members (excludes halogenated alkanes) is 15. The van der Waals surface area contributed by atoms with E-state index in [9.17, 15) is 19.7 Å². The number of nitrogen functional groups attached to an aromatic ring is 1. The largest absolute Gasteiger partial charge is 0.472 e. The number of nitrogens with zero attached hydrogens (tertiary/aromatic N) is 4. The molecule has 2 aromatic heterocycles. The third-order valence-electron chi connectivity index (χ3n) is 10.4. The highest BCUT2D eigenvalue weighted by Crippen LogP contribution is 2.46. The Morgan fingerprint density at radius 3 is 2.21 bits per heavy atom. The first-order valence-corrected chi connectivity index (χ1v) is 22.6. The molecular weight excluding hydrogens is 773 g/mol. The highest BCUT2D eigenvalue weighted by Gasteiger charge is 2.56. The second-order valence-electron chi connectivity index (χ2n) is 14.9. The number of fused-ring (bicyclic) bond motifs is 1. The van der Waals surface area contributed by atoms with E-state index in [-0.39, 0.29) is 25.6 Å². The number of aromatic nitrogens is 3. The lowest BCUT2D eigenvalue weighted by atomic mass is 9.92. The van der Waals surface area contributed by atoms with Crippen LogP contribution in [0.25, 0.3) is 5.52 Å². The van der Waals surface area contributed by atoms with Crippen molar-refractivity contribution in [1.82, 2.24) is 14.6 Å². The molecule has 16 heteroatoms. The third kappa shape index (κ3) is 14.9. The Hall–Kier alpha value is -2.49. The number of phosphoric ester groups is 1. The Morgan fingerprint density at radius 2 is 1.58 bits per heavy atom. The first-order chi connectivity index (χ1) is 27.6. The molecule has 1 unspecified atom stereocenters. The van der Waals surface area contributed by atoms with E-state index in [0.29, 0.717) is 22.8 Å². The molecule has 0 radical (unpaired) electrons. The van der Waals surface area contributed by atoms with Crippen LogP contribution in [-0.2, 0) is 40.0 Å². The Balaban J connectivity index is 1.19. The van der Waals surface area contributed by atoms with Gasteiger partial charge in [0.05, 0.1) is 32.1 Å². The summed E-state index contributed by atoms with van der Waals surface area (Å²) in [6, 6.07) is 10.5. The van der Waals surface area contributed by atoms with Gasteiger partial charge in [0.15, 0.2) is 11.4 Å². The lowest BCUT2D eigenvalue weighted by Crippen LogP contribution is -2.43. The van der Waals surface area contributed by atoms with E-state index in [2.05, 4.69) is 22.0 Å². The first kappa shape index (κ1) is 47.2. The molecule has 3 aromatic rings. The van der Waals surface area contributed by atoms with Crippen molar-refractivity contribution in [3.05, 3.63) is 59.0 Å². The molecule has 5 N–H and O–H groups in total. The number of nitrogens with two attached hydrogens (primary N) is 1. The van der Waals surface area contributed by atoms with Gasteiger partial charge in [0.1, 0.15) is 36.3 Å². The van der Waals surface area contributed by atoms with E-state index in [4.69, 9.17) is 40.6 Å². The van der Waals surface area contributed by atoms with Crippen LogP contribution in [0.3, 0.4) is 0 Å². The smallest absolute Gasteiger partial charge is 0.387 e. The molecule has 0 saturated carbocycles. The van der Waals surface area contributed by atoms with Crippen LogP contribution in [0.2, 0.25) is 5.02 Å². The molecule has 14 nitrogen and oxygen atoms in total. The summed E-state index contributed by atoms with van der Waals surface area (Å²) in [5, 5.41) is 27.0. The summed E-state index contributed by atoms with van der Waals surface area (Å²) >= 11 is 6.33. The van der Waals surface area contributed by atoms with Gasteiger partial charge in [-0.25, -0.2) is 14.1 Å². The normalized spacial score (nSPS) is 21.5. The van der Waals surface area contributed by atoms with Gasteiger partial charge in [-0.15, -0.1) is 0 Å². The Morgan fingerprint density at radius 1 is 0.947 bits per heavy atom. The molecule has 1 saturated heterocycles. The van der Waals surface area contributed by atoms with E-state index < -0.39 is 44.4 Å². The van der Waals surface area contributed by atoms with Crippen LogP contribution in [0, 0.1) is 0 Å². The second kappa shape index (κ2) is 25.2. The average Bonchev–Trinajstić information content (AvgIpc) is 3.74. The fourth-order valence-corrected chi connectivity index (χ4v) is 8.08. The maximum Gasteiger partial charge on any atom is 0.472 e. The summed E-state index contributed by atoms with van der Waals surface area (Å²) in [5.74, 6) is 0.200. The topological polar surface area (TPSA) is 192 Å². The van der Waals surface area contributed by atoms with Crippen LogP contribution in [0.4, 0.5) is 5.82 Å². The van der Waals surface area contributed by atoms with E-state index in [1.54, 1.807) is 18.2 Å². The number of anilines is 1. The van der Waals surface area contributed by atoms with Gasteiger partial charge in [0, 0.05) is 24.9 Å². The Kier molecular flexibility index (Phi) is 20.9. The zero-order valence-corrected chi connectivity index (χ0v) is 35.4. The number of aliphatic hydroxyl groups is 2. The Bertz CT molecular complexity index is 1670. The van der Waals surface area contributed by atoms with Gasteiger partial charge in [-0.3, -0.25) is 14.0 Å². The van der Waals surface area contributed by atoms with Crippen LogP contribution in [0.5, 0.6) is 0 Å². The number of benzene rings is 1. The van der Waals surface area contributed by atoms with Crippen molar-refractivity contribution in [2.75, 3.05) is 39.2 Å². The van der Waals surface area contributed by atoms with Gasteiger partial charge in [-0.2, -0.15) is 5.10 Å². The lowest BCUT2D eigenvalue weighted by Gasteiger charge is -2.27. The fourth-order valence-electron chi connectivity index (χ4n) is 7.12.